The molecule has 4 nitrogen and oxygen atoms in total. The van der Waals surface area contributed by atoms with Gasteiger partial charge >= 0.3 is 0 Å². The van der Waals surface area contributed by atoms with Crippen LogP contribution in [0, 0.1) is 6.92 Å². The van der Waals surface area contributed by atoms with E-state index in [1.54, 1.807) is 12.1 Å². The Balaban J connectivity index is 2.38. The second kappa shape index (κ2) is 5.63. The third kappa shape index (κ3) is 3.26. The van der Waals surface area contributed by atoms with Crippen molar-refractivity contribution in [2.75, 3.05) is 10.5 Å². The second-order valence-electron chi connectivity index (χ2n) is 4.26. The molecule has 106 valence electrons. The van der Waals surface area contributed by atoms with Gasteiger partial charge < -0.3 is 5.73 Å². The van der Waals surface area contributed by atoms with Gasteiger partial charge in [-0.05, 0) is 42.8 Å². The van der Waals surface area contributed by atoms with Gasteiger partial charge in [0.15, 0.2) is 0 Å². The summed E-state index contributed by atoms with van der Waals surface area (Å²) in [6, 6.07) is 9.46. The Morgan fingerprint density at radius 3 is 2.50 bits per heavy atom. The molecule has 0 spiro atoms. The molecule has 20 heavy (non-hydrogen) atoms. The van der Waals surface area contributed by atoms with Crippen molar-refractivity contribution in [2.45, 2.75) is 11.8 Å². The third-order valence-corrected chi connectivity index (χ3v) is 5.39. The van der Waals surface area contributed by atoms with Gasteiger partial charge in [-0.2, -0.15) is 0 Å². The van der Waals surface area contributed by atoms with Crippen LogP contribution in [0.2, 0.25) is 5.02 Å². The average molecular weight is 376 g/mol. The molecule has 0 aromatic heterocycles. The minimum atomic E-state index is -3.75. The first-order valence-electron chi connectivity index (χ1n) is 5.63. The van der Waals surface area contributed by atoms with E-state index in [0.717, 1.165) is 10.0 Å². The predicted octanol–water partition coefficient (Wildman–Crippen LogP) is 3.79. The van der Waals surface area contributed by atoms with Gasteiger partial charge in [0.05, 0.1) is 5.02 Å². The number of sulfonamides is 1. The molecule has 0 amide bonds. The van der Waals surface area contributed by atoms with Crippen LogP contribution in [-0.4, -0.2) is 8.42 Å². The Morgan fingerprint density at radius 1 is 1.20 bits per heavy atom. The maximum Gasteiger partial charge on any atom is 0.263 e. The number of benzene rings is 2. The minimum Gasteiger partial charge on any atom is -0.399 e. The molecule has 0 aliphatic heterocycles. The molecule has 0 saturated carbocycles. The van der Waals surface area contributed by atoms with E-state index in [0.29, 0.717) is 11.4 Å². The van der Waals surface area contributed by atoms with Crippen molar-refractivity contribution in [3.8, 4) is 0 Å². The monoisotopic (exact) mass is 374 g/mol. The van der Waals surface area contributed by atoms with E-state index < -0.39 is 10.0 Å². The molecule has 0 bridgehead atoms. The van der Waals surface area contributed by atoms with Crippen molar-refractivity contribution in [3.05, 3.63) is 51.5 Å². The van der Waals surface area contributed by atoms with Crippen LogP contribution >= 0.6 is 27.5 Å². The quantitative estimate of drug-likeness (QED) is 0.802. The van der Waals surface area contributed by atoms with Crippen molar-refractivity contribution < 1.29 is 8.42 Å². The molecule has 0 saturated heterocycles. The Kier molecular flexibility index (Phi) is 4.27. The highest BCUT2D eigenvalue weighted by atomic mass is 79.9. The summed E-state index contributed by atoms with van der Waals surface area (Å²) >= 11 is 9.28. The minimum absolute atomic E-state index is 0.00920. The van der Waals surface area contributed by atoms with E-state index in [-0.39, 0.29) is 9.92 Å². The molecule has 0 aliphatic carbocycles. The first kappa shape index (κ1) is 15.2. The molecule has 0 radical (unpaired) electrons. The van der Waals surface area contributed by atoms with Crippen LogP contribution in [0.5, 0.6) is 0 Å². The number of aryl methyl sites for hydroxylation is 1. The molecule has 0 heterocycles. The molecular weight excluding hydrogens is 364 g/mol. The highest BCUT2D eigenvalue weighted by Gasteiger charge is 2.18. The third-order valence-electron chi connectivity index (χ3n) is 2.67. The van der Waals surface area contributed by atoms with Crippen molar-refractivity contribution in [1.82, 2.24) is 0 Å². The number of nitrogens with one attached hydrogen (secondary N) is 1. The summed E-state index contributed by atoms with van der Waals surface area (Å²) in [7, 11) is -3.75. The topological polar surface area (TPSA) is 72.2 Å². The normalized spacial score (nSPS) is 11.3. The van der Waals surface area contributed by atoms with E-state index in [1.807, 2.05) is 13.0 Å². The molecule has 2 aromatic carbocycles. The predicted molar refractivity (Wildman–Crippen MR) is 85.6 cm³/mol. The van der Waals surface area contributed by atoms with E-state index in [1.165, 1.54) is 18.2 Å². The lowest BCUT2D eigenvalue weighted by Gasteiger charge is -2.11. The maximum atomic E-state index is 12.3. The molecule has 0 unspecified atom stereocenters. The van der Waals surface area contributed by atoms with Gasteiger partial charge in [-0.1, -0.05) is 33.6 Å². The van der Waals surface area contributed by atoms with Gasteiger partial charge in [-0.25, -0.2) is 8.42 Å². The van der Waals surface area contributed by atoms with E-state index in [4.69, 9.17) is 17.3 Å². The Hall–Kier alpha value is -1.24. The summed E-state index contributed by atoms with van der Waals surface area (Å²) < 4.78 is 27.9. The number of hydrogen-bond donors (Lipinski definition) is 2. The molecule has 0 atom stereocenters. The fraction of sp³-hybridized carbons (Fsp3) is 0.0769. The Morgan fingerprint density at radius 2 is 1.90 bits per heavy atom. The summed E-state index contributed by atoms with van der Waals surface area (Å²) in [6.45, 7) is 1.92. The maximum absolute atomic E-state index is 12.3. The lowest BCUT2D eigenvalue weighted by atomic mass is 10.2. The lowest BCUT2D eigenvalue weighted by Crippen LogP contribution is -2.13. The van der Waals surface area contributed by atoms with E-state index in [2.05, 4.69) is 20.7 Å². The molecule has 0 aliphatic rings. The van der Waals surface area contributed by atoms with Crippen LogP contribution < -0.4 is 10.5 Å². The smallest absolute Gasteiger partial charge is 0.263 e. The van der Waals surface area contributed by atoms with Crippen molar-refractivity contribution in [3.63, 3.8) is 0 Å². The standard InChI is InChI=1S/C13H12BrClN2O2S/c1-8-2-4-10(7-11(8)14)17-20(18,19)13-5-3-9(16)6-12(13)15/h2-7,17H,16H2,1H3. The zero-order valence-electron chi connectivity index (χ0n) is 10.5. The largest absolute Gasteiger partial charge is 0.399 e. The number of hydrogen-bond acceptors (Lipinski definition) is 3. The van der Waals surface area contributed by atoms with Crippen molar-refractivity contribution >= 4 is 48.9 Å². The van der Waals surface area contributed by atoms with Gasteiger partial charge in [0.2, 0.25) is 0 Å². The lowest BCUT2D eigenvalue weighted by molar-refractivity contribution is 0.601. The second-order valence-corrected chi connectivity index (χ2v) is 7.17. The Bertz CT molecular complexity index is 763. The Labute approximate surface area is 131 Å². The van der Waals surface area contributed by atoms with Crippen molar-refractivity contribution in [2.24, 2.45) is 0 Å². The van der Waals surface area contributed by atoms with Crippen LogP contribution in [0.1, 0.15) is 5.56 Å². The molecule has 2 rings (SSSR count). The zero-order chi connectivity index (χ0) is 14.9. The van der Waals surface area contributed by atoms with Crippen LogP contribution in [0.3, 0.4) is 0 Å². The van der Waals surface area contributed by atoms with Gasteiger partial charge in [0.25, 0.3) is 10.0 Å². The molecule has 0 fully saturated rings. The van der Waals surface area contributed by atoms with Crippen LogP contribution in [0.4, 0.5) is 11.4 Å². The van der Waals surface area contributed by atoms with Gasteiger partial charge in [-0.15, -0.1) is 0 Å². The van der Waals surface area contributed by atoms with Gasteiger partial charge in [0, 0.05) is 15.8 Å². The first-order valence-corrected chi connectivity index (χ1v) is 8.29. The highest BCUT2D eigenvalue weighted by molar-refractivity contribution is 9.10. The first-order chi connectivity index (χ1) is 9.29. The fourth-order valence-corrected chi connectivity index (χ4v) is 3.58. The number of rotatable bonds is 3. The van der Waals surface area contributed by atoms with Gasteiger partial charge in [-0.3, -0.25) is 4.72 Å². The average Bonchev–Trinajstić information content (AvgIpc) is 2.33. The van der Waals surface area contributed by atoms with Crippen LogP contribution in [0.15, 0.2) is 45.8 Å². The molecule has 7 heteroatoms. The number of nitrogen functional groups attached to an aromatic ring is 1. The van der Waals surface area contributed by atoms with E-state index >= 15 is 0 Å². The molecule has 3 N–H and O–H groups in total. The zero-order valence-corrected chi connectivity index (χ0v) is 13.7. The number of nitrogens with two attached hydrogens (primary N) is 1. The number of halogens is 2. The summed E-state index contributed by atoms with van der Waals surface area (Å²) in [4.78, 5) is -0.00920. The number of anilines is 2. The fourth-order valence-electron chi connectivity index (χ4n) is 1.60. The van der Waals surface area contributed by atoms with Crippen molar-refractivity contribution in [1.29, 1.82) is 0 Å². The SMILES string of the molecule is Cc1ccc(NS(=O)(=O)c2ccc(N)cc2Cl)cc1Br. The summed E-state index contributed by atoms with van der Waals surface area (Å²) in [5.74, 6) is 0. The van der Waals surface area contributed by atoms with Crippen LogP contribution in [0.25, 0.3) is 0 Å². The molecule has 2 aromatic rings. The molecular formula is C13H12BrClN2O2S. The van der Waals surface area contributed by atoms with Crippen LogP contribution in [-0.2, 0) is 10.0 Å². The highest BCUT2D eigenvalue weighted by Crippen LogP contribution is 2.27. The van der Waals surface area contributed by atoms with E-state index in [9.17, 15) is 8.42 Å². The summed E-state index contributed by atoms with van der Waals surface area (Å²) in [5.41, 5.74) is 7.43. The summed E-state index contributed by atoms with van der Waals surface area (Å²) in [6.07, 6.45) is 0. The summed E-state index contributed by atoms with van der Waals surface area (Å²) in [5, 5.41) is 0.0867. The van der Waals surface area contributed by atoms with Gasteiger partial charge in [0.1, 0.15) is 4.90 Å².